The highest BCUT2D eigenvalue weighted by molar-refractivity contribution is 7.21. The van der Waals surface area contributed by atoms with Gasteiger partial charge in [-0.3, -0.25) is 9.59 Å². The van der Waals surface area contributed by atoms with Crippen LogP contribution in [0.25, 0.3) is 10.1 Å². The Labute approximate surface area is 136 Å². The Kier molecular flexibility index (Phi) is 4.08. The molecule has 0 saturated carbocycles. The number of ether oxygens (including phenoxy) is 1. The van der Waals surface area contributed by atoms with E-state index >= 15 is 0 Å². The largest absolute Gasteiger partial charge is 0.374 e. The fraction of sp³-hybridized carbons (Fsp3) is 0.375. The molecular weight excluding hydrogens is 319 g/mol. The number of carbonyl (C=O) groups is 2. The van der Waals surface area contributed by atoms with Gasteiger partial charge in [-0.1, -0.05) is 6.07 Å². The molecule has 23 heavy (non-hydrogen) atoms. The van der Waals surface area contributed by atoms with E-state index < -0.39 is 18.1 Å². The first-order valence-electron chi connectivity index (χ1n) is 7.31. The van der Waals surface area contributed by atoms with E-state index in [4.69, 9.17) is 10.5 Å². The summed E-state index contributed by atoms with van der Waals surface area (Å²) in [4.78, 5) is 26.5. The minimum absolute atomic E-state index is 0.285. The molecule has 0 aliphatic carbocycles. The topological polar surface area (TPSA) is 72.6 Å². The lowest BCUT2D eigenvalue weighted by Crippen LogP contribution is -2.58. The molecular formula is C16H17FN2O3S. The van der Waals surface area contributed by atoms with Gasteiger partial charge in [0.2, 0.25) is 5.91 Å². The van der Waals surface area contributed by atoms with E-state index in [-0.39, 0.29) is 18.3 Å². The molecule has 1 aromatic heterocycles. The minimum Gasteiger partial charge on any atom is -0.374 e. The predicted molar refractivity (Wildman–Crippen MR) is 86.0 cm³/mol. The van der Waals surface area contributed by atoms with Gasteiger partial charge in [-0.2, -0.15) is 0 Å². The van der Waals surface area contributed by atoms with Crippen LogP contribution in [0.2, 0.25) is 0 Å². The van der Waals surface area contributed by atoms with Crippen molar-refractivity contribution >= 4 is 33.2 Å². The second-order valence-corrected chi connectivity index (χ2v) is 6.64. The number of aryl methyl sites for hydroxylation is 1. The van der Waals surface area contributed by atoms with Crippen molar-refractivity contribution in [3.63, 3.8) is 0 Å². The van der Waals surface area contributed by atoms with Crippen LogP contribution in [-0.2, 0) is 9.53 Å². The third kappa shape index (κ3) is 2.60. The smallest absolute Gasteiger partial charge is 0.265 e. The summed E-state index contributed by atoms with van der Waals surface area (Å²) < 4.78 is 20.2. The molecule has 7 heteroatoms. The third-order valence-corrected chi connectivity index (χ3v) is 5.39. The van der Waals surface area contributed by atoms with Crippen LogP contribution in [0, 0.1) is 12.7 Å². The van der Waals surface area contributed by atoms with E-state index in [0.29, 0.717) is 27.1 Å². The van der Waals surface area contributed by atoms with Gasteiger partial charge in [0.15, 0.2) is 0 Å². The van der Waals surface area contributed by atoms with Crippen LogP contribution < -0.4 is 5.73 Å². The van der Waals surface area contributed by atoms with Gasteiger partial charge < -0.3 is 15.4 Å². The maximum Gasteiger partial charge on any atom is 0.265 e. The molecule has 0 spiro atoms. The van der Waals surface area contributed by atoms with Crippen LogP contribution in [0.1, 0.15) is 22.2 Å². The Balaban J connectivity index is 2.04. The molecule has 1 fully saturated rings. The number of carbonyl (C=O) groups excluding carboxylic acids is 2. The number of amides is 2. The normalized spacial score (nSPS) is 21.6. The van der Waals surface area contributed by atoms with E-state index in [9.17, 15) is 14.0 Å². The summed E-state index contributed by atoms with van der Waals surface area (Å²) in [5.41, 5.74) is 6.02. The van der Waals surface area contributed by atoms with Gasteiger partial charge in [0.1, 0.15) is 11.9 Å². The lowest BCUT2D eigenvalue weighted by atomic mass is 10.1. The van der Waals surface area contributed by atoms with Gasteiger partial charge in [0, 0.05) is 16.6 Å². The average molecular weight is 336 g/mol. The van der Waals surface area contributed by atoms with Gasteiger partial charge in [-0.25, -0.2) is 4.39 Å². The second-order valence-electron chi connectivity index (χ2n) is 5.59. The Morgan fingerprint density at radius 2 is 2.17 bits per heavy atom. The molecule has 1 aliphatic heterocycles. The number of nitrogens with two attached hydrogens (primary N) is 1. The number of fused-ring (bicyclic) bond motifs is 1. The summed E-state index contributed by atoms with van der Waals surface area (Å²) in [6.07, 6.45) is -0.461. The highest BCUT2D eigenvalue weighted by atomic mass is 32.1. The average Bonchev–Trinajstić information content (AvgIpc) is 2.84. The molecule has 2 atom stereocenters. The highest BCUT2D eigenvalue weighted by Crippen LogP contribution is 2.34. The van der Waals surface area contributed by atoms with Gasteiger partial charge in [-0.05, 0) is 31.5 Å². The van der Waals surface area contributed by atoms with Crippen molar-refractivity contribution in [3.8, 4) is 0 Å². The van der Waals surface area contributed by atoms with Gasteiger partial charge in [0.05, 0.1) is 17.6 Å². The summed E-state index contributed by atoms with van der Waals surface area (Å²) in [6, 6.07) is 3.95. The molecule has 1 aromatic carbocycles. The number of benzene rings is 1. The SMILES string of the molecule is Cc1c(C(=O)N2CCO[C@H](C)[C@H]2C(N)=O)sc2cccc(F)c12. The maximum absolute atomic E-state index is 14.0. The fourth-order valence-corrected chi connectivity index (χ4v) is 4.20. The molecule has 0 unspecified atom stereocenters. The summed E-state index contributed by atoms with van der Waals surface area (Å²) in [6.45, 7) is 4.06. The Morgan fingerprint density at radius 3 is 2.83 bits per heavy atom. The standard InChI is InChI=1S/C16H17FN2O3S/c1-8-12-10(17)4-3-5-11(12)23-14(8)16(21)19-6-7-22-9(2)13(19)15(18)20/h3-5,9,13H,6-7H2,1-2H3,(H2,18,20)/t9-,13+/m1/s1. The number of nitrogens with zero attached hydrogens (tertiary/aromatic N) is 1. The monoisotopic (exact) mass is 336 g/mol. The molecule has 122 valence electrons. The number of hydrogen-bond acceptors (Lipinski definition) is 4. The van der Waals surface area contributed by atoms with Crippen molar-refractivity contribution in [2.75, 3.05) is 13.2 Å². The zero-order valence-electron chi connectivity index (χ0n) is 12.8. The Morgan fingerprint density at radius 1 is 1.43 bits per heavy atom. The van der Waals surface area contributed by atoms with Gasteiger partial charge in [0.25, 0.3) is 5.91 Å². The van der Waals surface area contributed by atoms with Crippen LogP contribution in [0.5, 0.6) is 0 Å². The molecule has 1 saturated heterocycles. The first-order valence-corrected chi connectivity index (χ1v) is 8.13. The van der Waals surface area contributed by atoms with E-state index in [2.05, 4.69) is 0 Å². The van der Waals surface area contributed by atoms with Crippen molar-refractivity contribution in [2.45, 2.75) is 26.0 Å². The predicted octanol–water partition coefficient (Wildman–Crippen LogP) is 2.06. The van der Waals surface area contributed by atoms with Crippen LogP contribution in [-0.4, -0.2) is 42.0 Å². The quantitative estimate of drug-likeness (QED) is 0.912. The molecule has 2 heterocycles. The first kappa shape index (κ1) is 15.9. The van der Waals surface area contributed by atoms with Crippen LogP contribution in [0.15, 0.2) is 18.2 Å². The number of hydrogen-bond donors (Lipinski definition) is 1. The van der Waals surface area contributed by atoms with Crippen molar-refractivity contribution in [1.29, 1.82) is 0 Å². The summed E-state index contributed by atoms with van der Waals surface area (Å²) in [5, 5.41) is 0.456. The second kappa shape index (κ2) is 5.90. The Hall–Kier alpha value is -1.99. The van der Waals surface area contributed by atoms with E-state index in [0.717, 1.165) is 0 Å². The van der Waals surface area contributed by atoms with Crippen LogP contribution >= 0.6 is 11.3 Å². The zero-order chi connectivity index (χ0) is 16.7. The Bertz CT molecular complexity index is 789. The van der Waals surface area contributed by atoms with Crippen LogP contribution in [0.4, 0.5) is 4.39 Å². The summed E-state index contributed by atoms with van der Waals surface area (Å²) in [5.74, 6) is -1.25. The molecule has 2 N–H and O–H groups in total. The zero-order valence-corrected chi connectivity index (χ0v) is 13.7. The number of morpholine rings is 1. The number of primary amides is 1. The molecule has 1 aliphatic rings. The fourth-order valence-electron chi connectivity index (χ4n) is 3.02. The van der Waals surface area contributed by atoms with Crippen molar-refractivity contribution in [1.82, 2.24) is 4.90 Å². The van der Waals surface area contributed by atoms with E-state index in [1.807, 2.05) is 0 Å². The number of thiophene rings is 1. The molecule has 2 aromatic rings. The summed E-state index contributed by atoms with van der Waals surface area (Å²) in [7, 11) is 0. The maximum atomic E-state index is 14.0. The van der Waals surface area contributed by atoms with E-state index in [1.165, 1.54) is 22.3 Å². The molecule has 5 nitrogen and oxygen atoms in total. The van der Waals surface area contributed by atoms with E-state index in [1.54, 1.807) is 26.0 Å². The van der Waals surface area contributed by atoms with Crippen molar-refractivity contribution in [3.05, 3.63) is 34.5 Å². The third-order valence-electron chi connectivity index (χ3n) is 4.14. The first-order chi connectivity index (χ1) is 10.9. The minimum atomic E-state index is -0.814. The highest BCUT2D eigenvalue weighted by Gasteiger charge is 2.38. The molecule has 3 rings (SSSR count). The van der Waals surface area contributed by atoms with Crippen LogP contribution in [0.3, 0.4) is 0 Å². The van der Waals surface area contributed by atoms with Gasteiger partial charge >= 0.3 is 0 Å². The number of rotatable bonds is 2. The van der Waals surface area contributed by atoms with Crippen molar-refractivity contribution < 1.29 is 18.7 Å². The molecule has 2 amide bonds. The summed E-state index contributed by atoms with van der Waals surface area (Å²) >= 11 is 1.23. The van der Waals surface area contributed by atoms with Gasteiger partial charge in [-0.15, -0.1) is 11.3 Å². The lowest BCUT2D eigenvalue weighted by molar-refractivity contribution is -0.132. The molecule has 0 bridgehead atoms. The lowest BCUT2D eigenvalue weighted by Gasteiger charge is -2.37. The van der Waals surface area contributed by atoms with Crippen molar-refractivity contribution in [2.24, 2.45) is 5.73 Å². The number of halogens is 1. The molecule has 0 radical (unpaired) electrons.